The molecule has 2 heterocycles. The highest BCUT2D eigenvalue weighted by atomic mass is 32.1. The van der Waals surface area contributed by atoms with Gasteiger partial charge in [0, 0.05) is 17.5 Å². The van der Waals surface area contributed by atoms with E-state index in [1.807, 2.05) is 44.4 Å². The van der Waals surface area contributed by atoms with Gasteiger partial charge < -0.3 is 10.6 Å². The number of carbonyl (C=O) groups is 2. The first-order valence-electron chi connectivity index (χ1n) is 10.8. The number of anilines is 1. The lowest BCUT2D eigenvalue weighted by Gasteiger charge is -2.25. The molecule has 162 valence electrons. The number of aryl methyl sites for hydroxylation is 1. The standard InChI is InChI=1S/C23H32N4O2S/c1-16(2)13-20(25-21(28)19-10-6-5-9-17(19)3)22(29)26-23-24-18(15-30-23)14-27-11-7-4-8-12-27/h5-6,9-10,15-16,20H,4,7-8,11-14H2,1-3H3,(H,25,28)(H,24,26,29). The molecule has 1 atom stereocenters. The minimum absolute atomic E-state index is 0.218. The lowest BCUT2D eigenvalue weighted by molar-refractivity contribution is -0.118. The number of likely N-dealkylation sites (tertiary alicyclic amines) is 1. The second-order valence-electron chi connectivity index (χ2n) is 8.44. The summed E-state index contributed by atoms with van der Waals surface area (Å²) in [6.45, 7) is 9.03. The predicted molar refractivity (Wildman–Crippen MR) is 122 cm³/mol. The van der Waals surface area contributed by atoms with Crippen LogP contribution in [-0.4, -0.2) is 40.8 Å². The Balaban J connectivity index is 1.62. The Morgan fingerprint density at radius 2 is 1.90 bits per heavy atom. The van der Waals surface area contributed by atoms with Gasteiger partial charge in [0.1, 0.15) is 6.04 Å². The minimum Gasteiger partial charge on any atom is -0.340 e. The van der Waals surface area contributed by atoms with Crippen LogP contribution in [0.15, 0.2) is 29.6 Å². The van der Waals surface area contributed by atoms with E-state index in [4.69, 9.17) is 0 Å². The third-order valence-corrected chi connectivity index (χ3v) is 6.14. The van der Waals surface area contributed by atoms with Crippen molar-refractivity contribution in [1.29, 1.82) is 0 Å². The van der Waals surface area contributed by atoms with Crippen LogP contribution >= 0.6 is 11.3 Å². The molecule has 1 aliphatic rings. The highest BCUT2D eigenvalue weighted by Crippen LogP contribution is 2.20. The summed E-state index contributed by atoms with van der Waals surface area (Å²) in [6.07, 6.45) is 4.35. The van der Waals surface area contributed by atoms with E-state index >= 15 is 0 Å². The van der Waals surface area contributed by atoms with Gasteiger partial charge in [0.05, 0.1) is 5.69 Å². The maximum atomic E-state index is 12.9. The van der Waals surface area contributed by atoms with Gasteiger partial charge in [-0.25, -0.2) is 4.98 Å². The number of hydrogen-bond acceptors (Lipinski definition) is 5. The van der Waals surface area contributed by atoms with Crippen molar-refractivity contribution in [1.82, 2.24) is 15.2 Å². The fraction of sp³-hybridized carbons (Fsp3) is 0.522. The second-order valence-corrected chi connectivity index (χ2v) is 9.30. The normalized spacial score (nSPS) is 15.7. The molecule has 7 heteroatoms. The Morgan fingerprint density at radius 1 is 1.17 bits per heavy atom. The predicted octanol–water partition coefficient (Wildman–Crippen LogP) is 4.22. The van der Waals surface area contributed by atoms with E-state index in [0.29, 0.717) is 17.1 Å². The van der Waals surface area contributed by atoms with Crippen molar-refractivity contribution in [2.45, 2.75) is 59.0 Å². The van der Waals surface area contributed by atoms with E-state index in [-0.39, 0.29) is 17.7 Å². The van der Waals surface area contributed by atoms with Crippen LogP contribution in [0, 0.1) is 12.8 Å². The molecule has 1 fully saturated rings. The molecular weight excluding hydrogens is 396 g/mol. The number of nitrogens with zero attached hydrogens (tertiary/aromatic N) is 2. The summed E-state index contributed by atoms with van der Waals surface area (Å²) in [5, 5.41) is 8.42. The quantitative estimate of drug-likeness (QED) is 0.660. The summed E-state index contributed by atoms with van der Waals surface area (Å²) < 4.78 is 0. The molecule has 2 aromatic rings. The van der Waals surface area contributed by atoms with Crippen molar-refractivity contribution >= 4 is 28.3 Å². The molecule has 1 unspecified atom stereocenters. The van der Waals surface area contributed by atoms with Gasteiger partial charge in [-0.15, -0.1) is 11.3 Å². The van der Waals surface area contributed by atoms with E-state index in [1.165, 1.54) is 30.6 Å². The molecule has 0 radical (unpaired) electrons. The van der Waals surface area contributed by atoms with Gasteiger partial charge in [-0.2, -0.15) is 0 Å². The van der Waals surface area contributed by atoms with Crippen LogP contribution in [-0.2, 0) is 11.3 Å². The number of hydrogen-bond donors (Lipinski definition) is 2. The van der Waals surface area contributed by atoms with Crippen molar-refractivity contribution in [2.75, 3.05) is 18.4 Å². The number of rotatable bonds is 8. The molecule has 1 saturated heterocycles. The maximum Gasteiger partial charge on any atom is 0.252 e. The van der Waals surface area contributed by atoms with E-state index < -0.39 is 6.04 Å². The fourth-order valence-electron chi connectivity index (χ4n) is 3.74. The number of thiazole rings is 1. The number of nitrogens with one attached hydrogen (secondary N) is 2. The molecule has 2 N–H and O–H groups in total. The zero-order valence-electron chi connectivity index (χ0n) is 18.1. The molecule has 1 aromatic carbocycles. The van der Waals surface area contributed by atoms with Gasteiger partial charge in [0.15, 0.2) is 5.13 Å². The summed E-state index contributed by atoms with van der Waals surface area (Å²) in [7, 11) is 0. The van der Waals surface area contributed by atoms with Gasteiger partial charge in [-0.05, 0) is 56.8 Å². The minimum atomic E-state index is -0.605. The monoisotopic (exact) mass is 428 g/mol. The van der Waals surface area contributed by atoms with Crippen molar-refractivity contribution in [2.24, 2.45) is 5.92 Å². The molecule has 6 nitrogen and oxygen atoms in total. The number of carbonyl (C=O) groups excluding carboxylic acids is 2. The number of aromatic nitrogens is 1. The van der Waals surface area contributed by atoms with Gasteiger partial charge in [0.25, 0.3) is 5.91 Å². The topological polar surface area (TPSA) is 74.3 Å². The number of benzene rings is 1. The van der Waals surface area contributed by atoms with Gasteiger partial charge >= 0.3 is 0 Å². The maximum absolute atomic E-state index is 12.9. The summed E-state index contributed by atoms with van der Waals surface area (Å²) in [6, 6.07) is 6.80. The average molecular weight is 429 g/mol. The van der Waals surface area contributed by atoms with Crippen LogP contribution < -0.4 is 10.6 Å². The van der Waals surface area contributed by atoms with Gasteiger partial charge in [0.2, 0.25) is 5.91 Å². The summed E-state index contributed by atoms with van der Waals surface area (Å²) in [4.78, 5) is 32.7. The van der Waals surface area contributed by atoms with Crippen LogP contribution in [0.4, 0.5) is 5.13 Å². The molecule has 0 aliphatic carbocycles. The first kappa shape index (κ1) is 22.4. The molecule has 1 aromatic heterocycles. The second kappa shape index (κ2) is 10.7. The molecule has 30 heavy (non-hydrogen) atoms. The first-order valence-corrected chi connectivity index (χ1v) is 11.6. The Hall–Kier alpha value is -2.25. The molecule has 0 bridgehead atoms. The van der Waals surface area contributed by atoms with Crippen LogP contribution in [0.25, 0.3) is 0 Å². The summed E-state index contributed by atoms with van der Waals surface area (Å²) >= 11 is 1.44. The number of piperidine rings is 1. The van der Waals surface area contributed by atoms with Gasteiger partial charge in [-0.3, -0.25) is 14.5 Å². The van der Waals surface area contributed by atoms with Crippen LogP contribution in [0.3, 0.4) is 0 Å². The van der Waals surface area contributed by atoms with Crippen molar-refractivity contribution in [3.8, 4) is 0 Å². The molecule has 0 spiro atoms. The lowest BCUT2D eigenvalue weighted by Crippen LogP contribution is -2.44. The summed E-state index contributed by atoms with van der Waals surface area (Å²) in [5.41, 5.74) is 2.47. The van der Waals surface area contributed by atoms with Crippen molar-refractivity contribution < 1.29 is 9.59 Å². The van der Waals surface area contributed by atoms with Crippen LogP contribution in [0.5, 0.6) is 0 Å². The fourth-order valence-corrected chi connectivity index (χ4v) is 4.45. The molecule has 0 saturated carbocycles. The van der Waals surface area contributed by atoms with E-state index in [0.717, 1.165) is 30.9 Å². The zero-order valence-corrected chi connectivity index (χ0v) is 18.9. The molecule has 3 rings (SSSR count). The Kier molecular flexibility index (Phi) is 7.99. The third-order valence-electron chi connectivity index (χ3n) is 5.33. The highest BCUT2D eigenvalue weighted by Gasteiger charge is 2.24. The van der Waals surface area contributed by atoms with E-state index in [1.54, 1.807) is 6.07 Å². The van der Waals surface area contributed by atoms with Crippen molar-refractivity contribution in [3.63, 3.8) is 0 Å². The first-order chi connectivity index (χ1) is 14.4. The highest BCUT2D eigenvalue weighted by molar-refractivity contribution is 7.13. The molecule has 2 amide bonds. The Labute approximate surface area is 183 Å². The molecular formula is C23H32N4O2S. The van der Waals surface area contributed by atoms with Crippen LogP contribution in [0.2, 0.25) is 0 Å². The lowest BCUT2D eigenvalue weighted by atomic mass is 10.0. The van der Waals surface area contributed by atoms with E-state index in [2.05, 4.69) is 20.5 Å². The van der Waals surface area contributed by atoms with Gasteiger partial charge in [-0.1, -0.05) is 38.5 Å². The van der Waals surface area contributed by atoms with Crippen molar-refractivity contribution in [3.05, 3.63) is 46.5 Å². The summed E-state index contributed by atoms with van der Waals surface area (Å²) in [5.74, 6) is -0.174. The smallest absolute Gasteiger partial charge is 0.252 e. The van der Waals surface area contributed by atoms with Crippen LogP contribution in [0.1, 0.15) is 61.1 Å². The van der Waals surface area contributed by atoms with E-state index in [9.17, 15) is 9.59 Å². The SMILES string of the molecule is Cc1ccccc1C(=O)NC(CC(C)C)C(=O)Nc1nc(CN2CCCCC2)cs1. The molecule has 1 aliphatic heterocycles. The Bertz CT molecular complexity index is 858. The average Bonchev–Trinajstić information content (AvgIpc) is 3.14. The largest absolute Gasteiger partial charge is 0.340 e. The Morgan fingerprint density at radius 3 is 2.60 bits per heavy atom. The number of amides is 2. The zero-order chi connectivity index (χ0) is 21.5. The third kappa shape index (κ3) is 6.37.